The Hall–Kier alpha value is -1.84. The van der Waals surface area contributed by atoms with E-state index in [1.807, 2.05) is 25.1 Å². The quantitative estimate of drug-likeness (QED) is 0.778. The zero-order valence-electron chi connectivity index (χ0n) is 13.1. The molecule has 1 aromatic carbocycles. The molecule has 114 valence electrons. The maximum atomic E-state index is 12.3. The van der Waals surface area contributed by atoms with Crippen molar-refractivity contribution in [3.63, 3.8) is 0 Å². The maximum Gasteiger partial charge on any atom is 0.245 e. The SMILES string of the molecule is C[C@H]1C(=O)N(CCCCc2ccccc2)[C@@H](C)C(=O)N1C. The molecule has 21 heavy (non-hydrogen) atoms. The second-order valence-corrected chi connectivity index (χ2v) is 5.78. The summed E-state index contributed by atoms with van der Waals surface area (Å²) in [6.07, 6.45) is 2.97. The molecule has 1 aromatic rings. The van der Waals surface area contributed by atoms with Gasteiger partial charge in [0.2, 0.25) is 11.8 Å². The lowest BCUT2D eigenvalue weighted by atomic mass is 10.1. The summed E-state index contributed by atoms with van der Waals surface area (Å²) in [4.78, 5) is 27.6. The van der Waals surface area contributed by atoms with E-state index in [0.29, 0.717) is 6.54 Å². The lowest BCUT2D eigenvalue weighted by molar-refractivity contribution is -0.158. The van der Waals surface area contributed by atoms with Gasteiger partial charge in [-0.25, -0.2) is 0 Å². The molecular formula is C17H24N2O2. The number of piperazine rings is 1. The first-order chi connectivity index (χ1) is 10.0. The van der Waals surface area contributed by atoms with Crippen LogP contribution in [0.2, 0.25) is 0 Å². The van der Waals surface area contributed by atoms with E-state index >= 15 is 0 Å². The molecule has 1 heterocycles. The molecule has 2 atom stereocenters. The van der Waals surface area contributed by atoms with E-state index in [1.54, 1.807) is 23.8 Å². The number of hydrogen-bond donors (Lipinski definition) is 0. The van der Waals surface area contributed by atoms with Crippen LogP contribution in [0.15, 0.2) is 30.3 Å². The summed E-state index contributed by atoms with van der Waals surface area (Å²) in [5, 5.41) is 0. The minimum absolute atomic E-state index is 0.0326. The number of aryl methyl sites for hydroxylation is 1. The number of benzene rings is 1. The molecule has 0 saturated carbocycles. The fourth-order valence-corrected chi connectivity index (χ4v) is 2.78. The van der Waals surface area contributed by atoms with Crippen LogP contribution in [0.25, 0.3) is 0 Å². The Morgan fingerprint density at radius 1 is 0.952 bits per heavy atom. The number of carbonyl (C=O) groups is 2. The molecule has 1 saturated heterocycles. The Morgan fingerprint density at radius 2 is 1.62 bits per heavy atom. The van der Waals surface area contributed by atoms with Crippen LogP contribution in [0.1, 0.15) is 32.3 Å². The van der Waals surface area contributed by atoms with Gasteiger partial charge in [0, 0.05) is 13.6 Å². The summed E-state index contributed by atoms with van der Waals surface area (Å²) in [6, 6.07) is 9.66. The first kappa shape index (κ1) is 15.5. The molecule has 0 spiro atoms. The molecule has 0 bridgehead atoms. The summed E-state index contributed by atoms with van der Waals surface area (Å²) in [5.41, 5.74) is 1.32. The van der Waals surface area contributed by atoms with Gasteiger partial charge in [-0.05, 0) is 38.7 Å². The highest BCUT2D eigenvalue weighted by molar-refractivity contribution is 5.96. The fourth-order valence-electron chi connectivity index (χ4n) is 2.78. The lowest BCUT2D eigenvalue weighted by Gasteiger charge is -2.41. The van der Waals surface area contributed by atoms with Crippen LogP contribution in [0.5, 0.6) is 0 Å². The molecule has 2 amide bonds. The molecule has 0 N–H and O–H groups in total. The van der Waals surface area contributed by atoms with E-state index in [0.717, 1.165) is 19.3 Å². The number of hydrogen-bond acceptors (Lipinski definition) is 2. The largest absolute Gasteiger partial charge is 0.332 e. The Labute approximate surface area is 126 Å². The van der Waals surface area contributed by atoms with Crippen molar-refractivity contribution in [2.45, 2.75) is 45.2 Å². The monoisotopic (exact) mass is 288 g/mol. The van der Waals surface area contributed by atoms with Gasteiger partial charge in [-0.3, -0.25) is 9.59 Å². The van der Waals surface area contributed by atoms with Gasteiger partial charge in [-0.2, -0.15) is 0 Å². The highest BCUT2D eigenvalue weighted by Gasteiger charge is 2.39. The molecular weight excluding hydrogens is 264 g/mol. The maximum absolute atomic E-state index is 12.3. The first-order valence-corrected chi connectivity index (χ1v) is 7.63. The minimum atomic E-state index is -0.345. The molecule has 4 heteroatoms. The molecule has 0 radical (unpaired) electrons. The third kappa shape index (κ3) is 3.43. The molecule has 4 nitrogen and oxygen atoms in total. The number of carbonyl (C=O) groups excluding carboxylic acids is 2. The molecule has 1 aliphatic heterocycles. The van der Waals surface area contributed by atoms with E-state index in [-0.39, 0.29) is 23.9 Å². The van der Waals surface area contributed by atoms with Crippen molar-refractivity contribution >= 4 is 11.8 Å². The average Bonchev–Trinajstić information content (AvgIpc) is 2.51. The van der Waals surface area contributed by atoms with Gasteiger partial charge in [0.25, 0.3) is 0 Å². The number of nitrogens with zero attached hydrogens (tertiary/aromatic N) is 2. The van der Waals surface area contributed by atoms with E-state index in [4.69, 9.17) is 0 Å². The molecule has 0 aliphatic carbocycles. The van der Waals surface area contributed by atoms with E-state index in [9.17, 15) is 9.59 Å². The predicted octanol–water partition coefficient (Wildman–Crippen LogP) is 2.09. The standard InChI is InChI=1S/C17H24N2O2/c1-13-17(21)19(14(2)16(20)18(13)3)12-8-7-11-15-9-5-4-6-10-15/h4-6,9-10,13-14H,7-8,11-12H2,1-3H3/t13-,14-/m0/s1. The molecule has 0 unspecified atom stereocenters. The van der Waals surface area contributed by atoms with Crippen LogP contribution in [-0.4, -0.2) is 47.3 Å². The first-order valence-electron chi connectivity index (χ1n) is 7.63. The smallest absolute Gasteiger partial charge is 0.245 e. The number of amides is 2. The summed E-state index contributed by atoms with van der Waals surface area (Å²) in [6.45, 7) is 4.28. The molecule has 2 rings (SSSR count). The second kappa shape index (κ2) is 6.74. The van der Waals surface area contributed by atoms with Crippen LogP contribution >= 0.6 is 0 Å². The predicted molar refractivity (Wildman–Crippen MR) is 82.8 cm³/mol. The zero-order valence-corrected chi connectivity index (χ0v) is 13.1. The summed E-state index contributed by atoms with van der Waals surface area (Å²) < 4.78 is 0. The van der Waals surface area contributed by atoms with E-state index in [2.05, 4.69) is 12.1 Å². The van der Waals surface area contributed by atoms with Crippen LogP contribution in [0.4, 0.5) is 0 Å². The van der Waals surface area contributed by atoms with Crippen molar-refractivity contribution in [2.24, 2.45) is 0 Å². The van der Waals surface area contributed by atoms with Gasteiger partial charge >= 0.3 is 0 Å². The third-order valence-corrected chi connectivity index (χ3v) is 4.35. The van der Waals surface area contributed by atoms with Gasteiger partial charge in [-0.15, -0.1) is 0 Å². The Morgan fingerprint density at radius 3 is 2.29 bits per heavy atom. The second-order valence-electron chi connectivity index (χ2n) is 5.78. The third-order valence-electron chi connectivity index (χ3n) is 4.35. The summed E-state index contributed by atoms with van der Waals surface area (Å²) in [5.74, 6) is 0.0921. The van der Waals surface area contributed by atoms with Crippen LogP contribution < -0.4 is 0 Å². The van der Waals surface area contributed by atoms with Crippen molar-refractivity contribution in [2.75, 3.05) is 13.6 Å². The molecule has 0 aromatic heterocycles. The van der Waals surface area contributed by atoms with Crippen molar-refractivity contribution in [1.29, 1.82) is 0 Å². The topological polar surface area (TPSA) is 40.6 Å². The van der Waals surface area contributed by atoms with Crippen molar-refractivity contribution in [1.82, 2.24) is 9.80 Å². The normalized spacial score (nSPS) is 22.8. The van der Waals surface area contributed by atoms with Crippen molar-refractivity contribution < 1.29 is 9.59 Å². The molecule has 1 aliphatic rings. The fraction of sp³-hybridized carbons (Fsp3) is 0.529. The van der Waals surface area contributed by atoms with Crippen LogP contribution in [0.3, 0.4) is 0 Å². The van der Waals surface area contributed by atoms with Gasteiger partial charge in [0.1, 0.15) is 12.1 Å². The number of unbranched alkanes of at least 4 members (excludes halogenated alkanes) is 1. The highest BCUT2D eigenvalue weighted by Crippen LogP contribution is 2.17. The number of likely N-dealkylation sites (N-methyl/N-ethyl adjacent to an activating group) is 1. The van der Waals surface area contributed by atoms with Gasteiger partial charge in [0.05, 0.1) is 0 Å². The highest BCUT2D eigenvalue weighted by atomic mass is 16.2. The van der Waals surface area contributed by atoms with E-state index in [1.165, 1.54) is 5.56 Å². The summed E-state index contributed by atoms with van der Waals surface area (Å²) >= 11 is 0. The zero-order chi connectivity index (χ0) is 15.4. The van der Waals surface area contributed by atoms with Gasteiger partial charge in [-0.1, -0.05) is 30.3 Å². The Kier molecular flexibility index (Phi) is 4.99. The van der Waals surface area contributed by atoms with Crippen molar-refractivity contribution in [3.8, 4) is 0 Å². The Balaban J connectivity index is 1.84. The lowest BCUT2D eigenvalue weighted by Crippen LogP contribution is -2.61. The van der Waals surface area contributed by atoms with Gasteiger partial charge in [0.15, 0.2) is 0 Å². The van der Waals surface area contributed by atoms with Crippen LogP contribution in [0, 0.1) is 0 Å². The summed E-state index contributed by atoms with van der Waals surface area (Å²) in [7, 11) is 1.70. The Bertz CT molecular complexity index is 501. The van der Waals surface area contributed by atoms with E-state index < -0.39 is 0 Å². The van der Waals surface area contributed by atoms with Crippen LogP contribution in [-0.2, 0) is 16.0 Å². The minimum Gasteiger partial charge on any atom is -0.332 e. The average molecular weight is 288 g/mol. The van der Waals surface area contributed by atoms with Crippen molar-refractivity contribution in [3.05, 3.63) is 35.9 Å². The van der Waals surface area contributed by atoms with Gasteiger partial charge < -0.3 is 9.80 Å². The number of rotatable bonds is 5. The molecule has 1 fully saturated rings.